The topological polar surface area (TPSA) is 92.7 Å². The number of cyclic esters (lactones) is 1. The van der Waals surface area contributed by atoms with Crippen molar-refractivity contribution in [1.82, 2.24) is 0 Å². The first-order valence-corrected chi connectivity index (χ1v) is 9.65. The number of rotatable bonds is 4. The third-order valence-electron chi connectivity index (χ3n) is 6.23. The van der Waals surface area contributed by atoms with Crippen LogP contribution in [0.2, 0.25) is 0 Å². The van der Waals surface area contributed by atoms with Crippen molar-refractivity contribution in [3.63, 3.8) is 0 Å². The van der Waals surface area contributed by atoms with Gasteiger partial charge in [0.15, 0.2) is 23.0 Å². The molecule has 5 rings (SSSR count). The number of phenolic OH excluding ortho intramolecular Hbond substituents is 1. The molecule has 30 heavy (non-hydrogen) atoms. The molecule has 8 nitrogen and oxygen atoms in total. The number of methoxy groups -OCH3 is 3. The SMILES string of the molecule is COc1cc(C2c3cc4c(cc3[C@@H](OC)[C@H]3COC(=O)C23)OCO4)cc(OC)c1O. The minimum Gasteiger partial charge on any atom is -0.502 e. The molecular weight excluding hydrogens is 392 g/mol. The number of benzene rings is 2. The summed E-state index contributed by atoms with van der Waals surface area (Å²) < 4.78 is 33.1. The Morgan fingerprint density at radius 1 is 0.933 bits per heavy atom. The van der Waals surface area contributed by atoms with Crippen LogP contribution in [-0.4, -0.2) is 45.8 Å². The minimum atomic E-state index is -0.457. The number of carbonyl (C=O) groups excluding carboxylic acids is 1. The van der Waals surface area contributed by atoms with Crippen LogP contribution in [-0.2, 0) is 14.3 Å². The average molecular weight is 414 g/mol. The van der Waals surface area contributed by atoms with E-state index in [1.165, 1.54) is 14.2 Å². The Hall–Kier alpha value is -3.13. The molecule has 2 unspecified atom stereocenters. The van der Waals surface area contributed by atoms with Crippen LogP contribution in [0.1, 0.15) is 28.7 Å². The summed E-state index contributed by atoms with van der Waals surface area (Å²) in [5.41, 5.74) is 2.59. The highest BCUT2D eigenvalue weighted by Crippen LogP contribution is 2.56. The number of esters is 1. The lowest BCUT2D eigenvalue weighted by molar-refractivity contribution is -0.141. The van der Waals surface area contributed by atoms with E-state index in [2.05, 4.69) is 0 Å². The standard InChI is InChI=1S/C22H22O8/c1-25-16-4-10(5-17(26-2)20(16)23)18-11-6-14-15(30-9-29-14)7-12(11)21(27-3)13-8-28-22(24)19(13)18/h4-7,13,18-19,21,23H,8-9H2,1-3H3/t13-,18?,19?,21+/m0/s1. The number of aromatic hydroxyl groups is 1. The maximum Gasteiger partial charge on any atom is 0.310 e. The van der Waals surface area contributed by atoms with E-state index < -0.39 is 5.92 Å². The number of hydrogen-bond acceptors (Lipinski definition) is 8. The predicted molar refractivity (Wildman–Crippen MR) is 103 cm³/mol. The lowest BCUT2D eigenvalue weighted by Gasteiger charge is -2.38. The Labute approximate surface area is 173 Å². The van der Waals surface area contributed by atoms with Crippen LogP contribution >= 0.6 is 0 Å². The fraction of sp³-hybridized carbons (Fsp3) is 0.409. The number of fused-ring (bicyclic) bond motifs is 3. The summed E-state index contributed by atoms with van der Waals surface area (Å²) in [4.78, 5) is 12.8. The van der Waals surface area contributed by atoms with Crippen LogP contribution < -0.4 is 18.9 Å². The Morgan fingerprint density at radius 3 is 2.17 bits per heavy atom. The van der Waals surface area contributed by atoms with E-state index in [1.54, 1.807) is 19.2 Å². The van der Waals surface area contributed by atoms with Crippen LogP contribution in [0.15, 0.2) is 24.3 Å². The lowest BCUT2D eigenvalue weighted by Crippen LogP contribution is -2.35. The molecule has 1 N–H and O–H groups in total. The summed E-state index contributed by atoms with van der Waals surface area (Å²) in [6.45, 7) is 0.426. The number of carbonyl (C=O) groups is 1. The van der Waals surface area contributed by atoms with Gasteiger partial charge in [0, 0.05) is 18.9 Å². The summed E-state index contributed by atoms with van der Waals surface area (Å²) in [7, 11) is 4.57. The van der Waals surface area contributed by atoms with Gasteiger partial charge in [-0.3, -0.25) is 4.79 Å². The predicted octanol–water partition coefficient (Wildman–Crippen LogP) is 2.76. The van der Waals surface area contributed by atoms with Gasteiger partial charge in [-0.15, -0.1) is 0 Å². The quantitative estimate of drug-likeness (QED) is 0.764. The third-order valence-corrected chi connectivity index (χ3v) is 6.23. The second-order valence-corrected chi connectivity index (χ2v) is 7.56. The Kier molecular flexibility index (Phi) is 4.39. The van der Waals surface area contributed by atoms with Crippen LogP contribution in [0.3, 0.4) is 0 Å². The van der Waals surface area contributed by atoms with Gasteiger partial charge in [0.1, 0.15) is 0 Å². The van der Waals surface area contributed by atoms with Crippen LogP contribution in [0.5, 0.6) is 28.7 Å². The van der Waals surface area contributed by atoms with Gasteiger partial charge in [-0.2, -0.15) is 0 Å². The largest absolute Gasteiger partial charge is 0.502 e. The first-order chi connectivity index (χ1) is 14.6. The zero-order valence-corrected chi connectivity index (χ0v) is 16.8. The first-order valence-electron chi connectivity index (χ1n) is 9.65. The van der Waals surface area contributed by atoms with Crippen molar-refractivity contribution in [3.8, 4) is 28.7 Å². The van der Waals surface area contributed by atoms with Gasteiger partial charge in [-0.1, -0.05) is 0 Å². The van der Waals surface area contributed by atoms with E-state index in [0.717, 1.165) is 16.7 Å². The molecule has 3 aliphatic rings. The van der Waals surface area contributed by atoms with E-state index in [0.29, 0.717) is 11.5 Å². The highest BCUT2D eigenvalue weighted by molar-refractivity contribution is 5.79. The van der Waals surface area contributed by atoms with Gasteiger partial charge in [0.25, 0.3) is 0 Å². The third kappa shape index (κ3) is 2.60. The van der Waals surface area contributed by atoms with Gasteiger partial charge in [0.2, 0.25) is 12.5 Å². The molecule has 1 saturated heterocycles. The summed E-state index contributed by atoms with van der Waals surface area (Å²) >= 11 is 0. The van der Waals surface area contributed by atoms with E-state index in [9.17, 15) is 9.90 Å². The van der Waals surface area contributed by atoms with Crippen molar-refractivity contribution in [1.29, 1.82) is 0 Å². The van der Waals surface area contributed by atoms with Crippen molar-refractivity contribution in [2.45, 2.75) is 12.0 Å². The first kappa shape index (κ1) is 18.9. The number of phenols is 1. The highest BCUT2D eigenvalue weighted by Gasteiger charge is 2.53. The number of hydrogen-bond donors (Lipinski definition) is 1. The van der Waals surface area contributed by atoms with E-state index in [4.69, 9.17) is 28.4 Å². The minimum absolute atomic E-state index is 0.0919. The molecule has 0 amide bonds. The van der Waals surface area contributed by atoms with Crippen molar-refractivity contribution in [2.24, 2.45) is 11.8 Å². The average Bonchev–Trinajstić information content (AvgIpc) is 3.37. The zero-order valence-electron chi connectivity index (χ0n) is 16.8. The molecule has 158 valence electrons. The van der Waals surface area contributed by atoms with Crippen molar-refractivity contribution in [3.05, 3.63) is 41.0 Å². The highest BCUT2D eigenvalue weighted by atomic mass is 16.7. The molecule has 0 aromatic heterocycles. The van der Waals surface area contributed by atoms with Gasteiger partial charge < -0.3 is 33.5 Å². The zero-order chi connectivity index (χ0) is 21.0. The molecule has 0 bridgehead atoms. The van der Waals surface area contributed by atoms with Crippen LogP contribution in [0.4, 0.5) is 0 Å². The van der Waals surface area contributed by atoms with Gasteiger partial charge in [0.05, 0.1) is 32.8 Å². The molecule has 0 saturated carbocycles. The molecule has 4 atom stereocenters. The molecule has 1 aliphatic carbocycles. The molecule has 2 aliphatic heterocycles. The van der Waals surface area contributed by atoms with Crippen molar-refractivity contribution < 1.29 is 38.3 Å². The maximum absolute atomic E-state index is 12.8. The molecular formula is C22H22O8. The van der Waals surface area contributed by atoms with Crippen molar-refractivity contribution in [2.75, 3.05) is 34.7 Å². The molecule has 8 heteroatoms. The molecule has 1 fully saturated rings. The van der Waals surface area contributed by atoms with Crippen molar-refractivity contribution >= 4 is 5.97 Å². The molecule has 2 heterocycles. The normalized spacial score (nSPS) is 26.0. The monoisotopic (exact) mass is 414 g/mol. The summed E-state index contributed by atoms with van der Waals surface area (Å²) in [5, 5.41) is 10.4. The molecule has 2 aromatic rings. The fourth-order valence-corrected chi connectivity index (χ4v) is 4.91. The van der Waals surface area contributed by atoms with Crippen LogP contribution in [0.25, 0.3) is 0 Å². The van der Waals surface area contributed by atoms with Gasteiger partial charge in [-0.25, -0.2) is 0 Å². The second-order valence-electron chi connectivity index (χ2n) is 7.56. The molecule has 0 radical (unpaired) electrons. The van der Waals surface area contributed by atoms with E-state index >= 15 is 0 Å². The Bertz CT molecular complexity index is 991. The van der Waals surface area contributed by atoms with E-state index in [1.807, 2.05) is 12.1 Å². The molecule has 2 aromatic carbocycles. The van der Waals surface area contributed by atoms with E-state index in [-0.39, 0.29) is 54.6 Å². The van der Waals surface area contributed by atoms with Crippen LogP contribution in [0, 0.1) is 11.8 Å². The number of ether oxygens (including phenoxy) is 6. The Morgan fingerprint density at radius 2 is 1.57 bits per heavy atom. The summed E-state index contributed by atoms with van der Waals surface area (Å²) in [6, 6.07) is 7.29. The molecule has 0 spiro atoms. The summed E-state index contributed by atoms with van der Waals surface area (Å²) in [6.07, 6.45) is -0.317. The lowest BCUT2D eigenvalue weighted by atomic mass is 9.66. The maximum atomic E-state index is 12.8. The summed E-state index contributed by atoms with van der Waals surface area (Å²) in [5.74, 6) is 0.464. The second kappa shape index (κ2) is 6.98. The fourth-order valence-electron chi connectivity index (χ4n) is 4.91. The van der Waals surface area contributed by atoms with Gasteiger partial charge in [-0.05, 0) is 41.0 Å². The van der Waals surface area contributed by atoms with Gasteiger partial charge >= 0.3 is 5.97 Å². The smallest absolute Gasteiger partial charge is 0.310 e. The Balaban J connectivity index is 1.75.